The number of anilines is 3. The molecule has 0 saturated heterocycles. The SMILES string of the molecule is c1ccc(N2c3cccc4c3B(c3sc5ccccc5c32)c2cc3c5ccccc5c5ccccc5c3c3c5ccc6c7ccccc7c7ccccc7c6c5n-4c23)cc1. The highest BCUT2D eigenvalue weighted by atomic mass is 32.1. The van der Waals surface area contributed by atoms with Crippen LogP contribution in [0.3, 0.4) is 0 Å². The smallest absolute Gasteiger partial charge is 0.264 e. The first-order valence-electron chi connectivity index (χ1n) is 20.9. The molecule has 15 rings (SSSR count). The average Bonchev–Trinajstić information content (AvgIpc) is 3.88. The Morgan fingerprint density at radius 2 is 0.883 bits per heavy atom. The Balaban J connectivity index is 1.25. The molecular formula is C56H31BN2S. The van der Waals surface area contributed by atoms with Crippen molar-refractivity contribution in [2.24, 2.45) is 0 Å². The van der Waals surface area contributed by atoms with E-state index >= 15 is 0 Å². The number of benzene rings is 11. The van der Waals surface area contributed by atoms with Crippen LogP contribution in [0, 0.1) is 0 Å². The number of rotatable bonds is 1. The summed E-state index contributed by atoms with van der Waals surface area (Å²) in [5, 5.41) is 19.6. The summed E-state index contributed by atoms with van der Waals surface area (Å²) >= 11 is 1.97. The third-order valence-electron chi connectivity index (χ3n) is 13.9. The topological polar surface area (TPSA) is 8.17 Å². The Morgan fingerprint density at radius 1 is 0.367 bits per heavy atom. The zero-order chi connectivity index (χ0) is 38.8. The summed E-state index contributed by atoms with van der Waals surface area (Å²) in [6.07, 6.45) is 0. The molecule has 60 heavy (non-hydrogen) atoms. The molecule has 0 spiro atoms. The number of fused-ring (bicyclic) bond motifs is 23. The van der Waals surface area contributed by atoms with Crippen LogP contribution in [0.4, 0.5) is 17.1 Å². The molecule has 2 aliphatic rings. The van der Waals surface area contributed by atoms with E-state index in [1.165, 1.54) is 135 Å². The van der Waals surface area contributed by atoms with Crippen molar-refractivity contribution in [2.75, 3.05) is 4.90 Å². The number of hydrogen-bond acceptors (Lipinski definition) is 2. The third kappa shape index (κ3) is 3.73. The van der Waals surface area contributed by atoms with E-state index in [4.69, 9.17) is 0 Å². The Morgan fingerprint density at radius 3 is 1.57 bits per heavy atom. The van der Waals surface area contributed by atoms with Gasteiger partial charge < -0.3 is 9.47 Å². The van der Waals surface area contributed by atoms with Gasteiger partial charge in [0.05, 0.1) is 16.7 Å². The minimum Gasteiger partial charge on any atom is -0.310 e. The first-order chi connectivity index (χ1) is 29.8. The molecule has 4 heteroatoms. The van der Waals surface area contributed by atoms with Crippen molar-refractivity contribution < 1.29 is 0 Å². The van der Waals surface area contributed by atoms with E-state index < -0.39 is 0 Å². The van der Waals surface area contributed by atoms with Gasteiger partial charge in [0.1, 0.15) is 0 Å². The summed E-state index contributed by atoms with van der Waals surface area (Å²) in [6, 6.07) is 70.8. The van der Waals surface area contributed by atoms with Crippen molar-refractivity contribution in [2.45, 2.75) is 0 Å². The highest BCUT2D eigenvalue weighted by Crippen LogP contribution is 2.50. The van der Waals surface area contributed by atoms with Gasteiger partial charge in [-0.05, 0) is 95.1 Å². The number of nitrogens with zero attached hydrogens (tertiary/aromatic N) is 2. The minimum atomic E-state index is 0.0429. The molecule has 0 N–H and O–H groups in total. The third-order valence-corrected chi connectivity index (χ3v) is 15.1. The van der Waals surface area contributed by atoms with Crippen LogP contribution in [0.25, 0.3) is 102 Å². The van der Waals surface area contributed by atoms with Crippen LogP contribution in [0.2, 0.25) is 0 Å². The largest absolute Gasteiger partial charge is 0.310 e. The Hall–Kier alpha value is -7.40. The van der Waals surface area contributed by atoms with Crippen LogP contribution < -0.4 is 20.6 Å². The second kappa shape index (κ2) is 11.2. The van der Waals surface area contributed by atoms with Crippen molar-refractivity contribution in [3.05, 3.63) is 188 Å². The van der Waals surface area contributed by atoms with Gasteiger partial charge in [-0.3, -0.25) is 0 Å². The van der Waals surface area contributed by atoms with Crippen LogP contribution in [0.15, 0.2) is 188 Å². The summed E-state index contributed by atoms with van der Waals surface area (Å²) in [5.41, 5.74) is 10.4. The zero-order valence-electron chi connectivity index (χ0n) is 32.3. The Kier molecular flexibility index (Phi) is 5.90. The Bertz CT molecular complexity index is 4050. The van der Waals surface area contributed by atoms with Crippen LogP contribution in [-0.2, 0) is 0 Å². The fraction of sp³-hybridized carbons (Fsp3) is 0. The van der Waals surface area contributed by atoms with Crippen LogP contribution >= 0.6 is 11.3 Å². The predicted molar refractivity (Wildman–Crippen MR) is 261 cm³/mol. The summed E-state index contributed by atoms with van der Waals surface area (Å²) in [4.78, 5) is 2.56. The van der Waals surface area contributed by atoms with Crippen molar-refractivity contribution in [3.63, 3.8) is 0 Å². The number of aromatic nitrogens is 1. The molecule has 2 aromatic heterocycles. The van der Waals surface area contributed by atoms with Gasteiger partial charge in [-0.1, -0.05) is 158 Å². The van der Waals surface area contributed by atoms with E-state index in [1.807, 2.05) is 11.3 Å². The maximum Gasteiger partial charge on any atom is 0.264 e. The second-order valence-corrected chi connectivity index (χ2v) is 17.7. The van der Waals surface area contributed by atoms with E-state index in [9.17, 15) is 0 Å². The number of para-hydroxylation sites is 1. The van der Waals surface area contributed by atoms with Gasteiger partial charge in [0.25, 0.3) is 6.71 Å². The lowest BCUT2D eigenvalue weighted by molar-refractivity contribution is 1.19. The molecule has 0 atom stereocenters. The van der Waals surface area contributed by atoms with E-state index in [-0.39, 0.29) is 6.71 Å². The van der Waals surface area contributed by atoms with Gasteiger partial charge in [0.2, 0.25) is 0 Å². The highest BCUT2D eigenvalue weighted by Gasteiger charge is 2.44. The highest BCUT2D eigenvalue weighted by molar-refractivity contribution is 7.33. The second-order valence-electron chi connectivity index (χ2n) is 16.6. The molecule has 0 bridgehead atoms. The van der Waals surface area contributed by atoms with Gasteiger partial charge in [-0.2, -0.15) is 0 Å². The van der Waals surface area contributed by atoms with E-state index in [0.29, 0.717) is 0 Å². The fourth-order valence-corrected chi connectivity index (χ4v) is 13.0. The summed E-state index contributed by atoms with van der Waals surface area (Å²) in [7, 11) is 0. The van der Waals surface area contributed by atoms with Crippen LogP contribution in [0.5, 0.6) is 0 Å². The van der Waals surface area contributed by atoms with Gasteiger partial charge in [0.15, 0.2) is 0 Å². The number of thiophene rings is 1. The van der Waals surface area contributed by atoms with Crippen molar-refractivity contribution in [1.82, 2.24) is 4.57 Å². The minimum absolute atomic E-state index is 0.0429. The predicted octanol–water partition coefficient (Wildman–Crippen LogP) is 13.5. The van der Waals surface area contributed by atoms with E-state index in [1.54, 1.807) is 0 Å². The standard InChI is InChI=1S/C56H31BN2S/c1-2-15-32(16-3-1)58-46-26-14-27-47-52(46)57(56-54(58)42-25-12-13-28-48(42)60-56)45-31-44-38-22-7-5-18-34(38)35-19-8-10-23-39(35)49(44)51-43-30-29-41-37-21-6-4-17-33(37)36-20-9-11-24-40(36)50(41)53(43)59(47)55(45)51/h1-31H. The quantitative estimate of drug-likeness (QED) is 0.119. The molecule has 0 unspecified atom stereocenters. The van der Waals surface area contributed by atoms with Gasteiger partial charge in [-0.15, -0.1) is 11.3 Å². The van der Waals surface area contributed by atoms with Crippen molar-refractivity contribution >= 4 is 147 Å². The lowest BCUT2D eigenvalue weighted by Crippen LogP contribution is -2.59. The maximum absolute atomic E-state index is 2.70. The molecule has 4 heterocycles. The molecule has 11 aromatic carbocycles. The summed E-state index contributed by atoms with van der Waals surface area (Å²) < 4.78 is 5.43. The molecule has 13 aromatic rings. The molecule has 0 amide bonds. The van der Waals surface area contributed by atoms with Gasteiger partial charge in [0, 0.05) is 53.5 Å². The first-order valence-corrected chi connectivity index (χ1v) is 21.7. The molecular weight excluding hydrogens is 744 g/mol. The normalized spacial score (nSPS) is 13.3. The first kappa shape index (κ1) is 31.6. The average molecular weight is 775 g/mol. The number of hydrogen-bond donors (Lipinski definition) is 0. The van der Waals surface area contributed by atoms with Gasteiger partial charge in [-0.25, -0.2) is 0 Å². The van der Waals surface area contributed by atoms with E-state index in [2.05, 4.69) is 198 Å². The molecule has 0 saturated carbocycles. The Labute approximate surface area is 348 Å². The molecule has 2 nitrogen and oxygen atoms in total. The fourth-order valence-electron chi connectivity index (χ4n) is 11.7. The summed E-state index contributed by atoms with van der Waals surface area (Å²) in [6.45, 7) is 0.0429. The summed E-state index contributed by atoms with van der Waals surface area (Å²) in [5.74, 6) is 0. The lowest BCUT2D eigenvalue weighted by atomic mass is 9.36. The molecule has 0 fully saturated rings. The van der Waals surface area contributed by atoms with Crippen molar-refractivity contribution in [1.29, 1.82) is 0 Å². The molecule has 2 aliphatic heterocycles. The van der Waals surface area contributed by atoms with Crippen LogP contribution in [-0.4, -0.2) is 11.3 Å². The molecule has 0 aliphatic carbocycles. The van der Waals surface area contributed by atoms with Crippen molar-refractivity contribution in [3.8, 4) is 5.69 Å². The van der Waals surface area contributed by atoms with E-state index in [0.717, 1.165) is 0 Å². The zero-order valence-corrected chi connectivity index (χ0v) is 33.1. The maximum atomic E-state index is 2.70. The molecule has 0 radical (unpaired) electrons. The van der Waals surface area contributed by atoms with Gasteiger partial charge >= 0.3 is 0 Å². The van der Waals surface area contributed by atoms with Crippen LogP contribution in [0.1, 0.15) is 0 Å². The molecule has 274 valence electrons. The lowest BCUT2D eigenvalue weighted by Gasteiger charge is -2.39. The monoisotopic (exact) mass is 774 g/mol.